The molecule has 0 spiro atoms. The fourth-order valence-corrected chi connectivity index (χ4v) is 1.61. The van der Waals surface area contributed by atoms with Crippen LogP contribution in [0.1, 0.15) is 5.69 Å². The van der Waals surface area contributed by atoms with Crippen LogP contribution >= 0.6 is 0 Å². The Morgan fingerprint density at radius 3 is 3.06 bits per heavy atom. The third kappa shape index (κ3) is 2.05. The molecular formula is C11H11N7. The van der Waals surface area contributed by atoms with E-state index in [1.54, 1.807) is 23.4 Å². The minimum Gasteiger partial charge on any atom is -0.376 e. The molecule has 0 radical (unpaired) electrons. The normalized spacial score (nSPS) is 10.4. The number of nitrogens with zero attached hydrogens (tertiary/aromatic N) is 5. The summed E-state index contributed by atoms with van der Waals surface area (Å²) in [5, 5.41) is 14.1. The van der Waals surface area contributed by atoms with Crippen LogP contribution in [0.3, 0.4) is 0 Å². The van der Waals surface area contributed by atoms with Crippen molar-refractivity contribution < 1.29 is 0 Å². The standard InChI is InChI=1S/C11H11N7/c1-2-10(14-6-9-3-5-15-17-9)11(13-4-1)18-8-12-7-16-18/h1-5,7-8,14H,6H2,(H,15,17). The summed E-state index contributed by atoms with van der Waals surface area (Å²) in [5.74, 6) is 0.717. The summed E-state index contributed by atoms with van der Waals surface area (Å²) in [6.45, 7) is 0.646. The van der Waals surface area contributed by atoms with Crippen molar-refractivity contribution in [1.82, 2.24) is 29.9 Å². The molecule has 0 aliphatic heterocycles. The quantitative estimate of drug-likeness (QED) is 0.711. The summed E-state index contributed by atoms with van der Waals surface area (Å²) in [5.41, 5.74) is 1.89. The Kier molecular flexibility index (Phi) is 2.71. The Bertz CT molecular complexity index is 600. The third-order valence-electron chi connectivity index (χ3n) is 2.45. The van der Waals surface area contributed by atoms with Crippen LogP contribution < -0.4 is 5.32 Å². The number of nitrogens with one attached hydrogen (secondary N) is 2. The predicted octanol–water partition coefficient (Wildman–Crippen LogP) is 0.997. The van der Waals surface area contributed by atoms with E-state index < -0.39 is 0 Å². The maximum Gasteiger partial charge on any atom is 0.178 e. The minimum atomic E-state index is 0.646. The maximum atomic E-state index is 4.29. The minimum absolute atomic E-state index is 0.646. The van der Waals surface area contributed by atoms with E-state index >= 15 is 0 Å². The van der Waals surface area contributed by atoms with E-state index in [1.165, 1.54) is 6.33 Å². The molecule has 3 aromatic rings. The second-order valence-electron chi connectivity index (χ2n) is 3.65. The van der Waals surface area contributed by atoms with Gasteiger partial charge in [-0.3, -0.25) is 5.10 Å². The molecule has 2 N–H and O–H groups in total. The molecule has 0 aromatic carbocycles. The summed E-state index contributed by atoms with van der Waals surface area (Å²) >= 11 is 0. The fourth-order valence-electron chi connectivity index (χ4n) is 1.61. The Balaban J connectivity index is 1.84. The lowest BCUT2D eigenvalue weighted by atomic mass is 10.3. The van der Waals surface area contributed by atoms with Crippen LogP contribution in [0.5, 0.6) is 0 Å². The molecule has 0 fully saturated rings. The van der Waals surface area contributed by atoms with Crippen LogP contribution in [0, 0.1) is 0 Å². The first kappa shape index (κ1) is 10.5. The van der Waals surface area contributed by atoms with Crippen LogP contribution in [-0.2, 0) is 6.54 Å². The predicted molar refractivity (Wildman–Crippen MR) is 65.1 cm³/mol. The molecule has 0 aliphatic rings. The number of hydrogen-bond donors (Lipinski definition) is 2. The molecule has 3 aromatic heterocycles. The van der Waals surface area contributed by atoms with Crippen LogP contribution in [0.25, 0.3) is 5.82 Å². The van der Waals surface area contributed by atoms with Gasteiger partial charge in [0.2, 0.25) is 0 Å². The van der Waals surface area contributed by atoms with Gasteiger partial charge in [0.25, 0.3) is 0 Å². The summed E-state index contributed by atoms with van der Waals surface area (Å²) in [4.78, 5) is 8.21. The van der Waals surface area contributed by atoms with Gasteiger partial charge in [-0.05, 0) is 18.2 Å². The third-order valence-corrected chi connectivity index (χ3v) is 2.45. The Morgan fingerprint density at radius 1 is 1.28 bits per heavy atom. The van der Waals surface area contributed by atoms with Crippen molar-refractivity contribution >= 4 is 5.69 Å². The lowest BCUT2D eigenvalue weighted by Crippen LogP contribution is -2.06. The SMILES string of the molecule is c1cnc(-n2cncn2)c(NCc2ccn[nH]2)c1. The Labute approximate surface area is 103 Å². The number of aromatic amines is 1. The van der Waals surface area contributed by atoms with Gasteiger partial charge in [0.1, 0.15) is 12.7 Å². The summed E-state index contributed by atoms with van der Waals surface area (Å²) in [6, 6.07) is 5.73. The lowest BCUT2D eigenvalue weighted by Gasteiger charge is -2.09. The summed E-state index contributed by atoms with van der Waals surface area (Å²) in [6.07, 6.45) is 6.54. The van der Waals surface area contributed by atoms with E-state index in [-0.39, 0.29) is 0 Å². The molecule has 0 amide bonds. The topological polar surface area (TPSA) is 84.3 Å². The van der Waals surface area contributed by atoms with Gasteiger partial charge < -0.3 is 5.32 Å². The number of aromatic nitrogens is 6. The van der Waals surface area contributed by atoms with E-state index in [1.807, 2.05) is 18.2 Å². The number of rotatable bonds is 4. The van der Waals surface area contributed by atoms with Gasteiger partial charge in [-0.1, -0.05) is 0 Å². The molecule has 0 atom stereocenters. The zero-order valence-electron chi connectivity index (χ0n) is 9.48. The summed E-state index contributed by atoms with van der Waals surface area (Å²) < 4.78 is 1.62. The molecule has 3 heterocycles. The number of anilines is 1. The molecule has 7 nitrogen and oxygen atoms in total. The largest absolute Gasteiger partial charge is 0.376 e. The van der Waals surface area contributed by atoms with Gasteiger partial charge in [-0.25, -0.2) is 14.6 Å². The molecule has 0 saturated heterocycles. The van der Waals surface area contributed by atoms with Gasteiger partial charge in [-0.2, -0.15) is 10.2 Å². The highest BCUT2D eigenvalue weighted by Gasteiger charge is 2.05. The Hall–Kier alpha value is -2.70. The second kappa shape index (κ2) is 4.66. The molecule has 7 heteroatoms. The Morgan fingerprint density at radius 2 is 2.28 bits per heavy atom. The van der Waals surface area contributed by atoms with Crippen molar-refractivity contribution in [2.24, 2.45) is 0 Å². The van der Waals surface area contributed by atoms with E-state index in [4.69, 9.17) is 0 Å². The number of hydrogen-bond acceptors (Lipinski definition) is 5. The molecule has 0 aliphatic carbocycles. The van der Waals surface area contributed by atoms with E-state index in [0.29, 0.717) is 6.54 Å². The first-order valence-electron chi connectivity index (χ1n) is 5.45. The van der Waals surface area contributed by atoms with Crippen LogP contribution in [0.2, 0.25) is 0 Å². The average Bonchev–Trinajstić information content (AvgIpc) is 3.10. The van der Waals surface area contributed by atoms with Gasteiger partial charge in [0, 0.05) is 12.4 Å². The van der Waals surface area contributed by atoms with Crippen molar-refractivity contribution in [2.45, 2.75) is 6.54 Å². The number of H-pyrrole nitrogens is 1. The maximum absolute atomic E-state index is 4.29. The highest BCUT2D eigenvalue weighted by atomic mass is 15.3. The zero-order valence-corrected chi connectivity index (χ0v) is 9.48. The molecule has 0 bridgehead atoms. The fraction of sp³-hybridized carbons (Fsp3) is 0.0909. The van der Waals surface area contributed by atoms with Gasteiger partial charge in [0.05, 0.1) is 17.9 Å². The number of pyridine rings is 1. The van der Waals surface area contributed by atoms with Crippen LogP contribution in [-0.4, -0.2) is 29.9 Å². The molecule has 90 valence electrons. The first-order chi connectivity index (χ1) is 8.93. The van der Waals surface area contributed by atoms with Crippen molar-refractivity contribution in [2.75, 3.05) is 5.32 Å². The van der Waals surface area contributed by atoms with Crippen molar-refractivity contribution in [3.8, 4) is 5.82 Å². The van der Waals surface area contributed by atoms with E-state index in [9.17, 15) is 0 Å². The highest BCUT2D eigenvalue weighted by molar-refractivity contribution is 5.56. The molecular weight excluding hydrogens is 230 g/mol. The van der Waals surface area contributed by atoms with Crippen molar-refractivity contribution in [1.29, 1.82) is 0 Å². The van der Waals surface area contributed by atoms with Gasteiger partial charge >= 0.3 is 0 Å². The monoisotopic (exact) mass is 241 g/mol. The van der Waals surface area contributed by atoms with Gasteiger partial charge in [-0.15, -0.1) is 0 Å². The highest BCUT2D eigenvalue weighted by Crippen LogP contribution is 2.16. The van der Waals surface area contributed by atoms with Crippen molar-refractivity contribution in [3.05, 3.63) is 48.9 Å². The summed E-state index contributed by atoms with van der Waals surface area (Å²) in [7, 11) is 0. The molecule has 3 rings (SSSR count). The zero-order chi connectivity index (χ0) is 12.2. The van der Waals surface area contributed by atoms with Crippen molar-refractivity contribution in [3.63, 3.8) is 0 Å². The average molecular weight is 241 g/mol. The van der Waals surface area contributed by atoms with Crippen LogP contribution in [0.4, 0.5) is 5.69 Å². The van der Waals surface area contributed by atoms with Crippen LogP contribution in [0.15, 0.2) is 43.2 Å². The molecule has 18 heavy (non-hydrogen) atoms. The van der Waals surface area contributed by atoms with Gasteiger partial charge in [0.15, 0.2) is 5.82 Å². The molecule has 0 unspecified atom stereocenters. The molecule has 0 saturated carbocycles. The second-order valence-corrected chi connectivity index (χ2v) is 3.65. The smallest absolute Gasteiger partial charge is 0.178 e. The van der Waals surface area contributed by atoms with E-state index in [0.717, 1.165) is 17.2 Å². The lowest BCUT2D eigenvalue weighted by molar-refractivity contribution is 0.843. The first-order valence-corrected chi connectivity index (χ1v) is 5.45. The van der Waals surface area contributed by atoms with E-state index in [2.05, 4.69) is 30.6 Å².